The van der Waals surface area contributed by atoms with Crippen molar-refractivity contribution in [3.05, 3.63) is 0 Å². The fourth-order valence-electron chi connectivity index (χ4n) is 1.85. The largest absolute Gasteiger partial charge is 0.312 e. The van der Waals surface area contributed by atoms with E-state index in [1.807, 2.05) is 0 Å². The van der Waals surface area contributed by atoms with Crippen molar-refractivity contribution in [3.8, 4) is 0 Å². The Morgan fingerprint density at radius 1 is 1.50 bits per heavy atom. The first-order chi connectivity index (χ1) is 6.31. The quantitative estimate of drug-likeness (QED) is 0.720. The summed E-state index contributed by atoms with van der Waals surface area (Å²) in [6.45, 7) is 5.83. The molecule has 0 aromatic carbocycles. The molecule has 1 unspecified atom stereocenters. The molecule has 0 aliphatic carbocycles. The van der Waals surface area contributed by atoms with Crippen LogP contribution in [0.15, 0.2) is 0 Å². The molecule has 1 rings (SSSR count). The van der Waals surface area contributed by atoms with E-state index in [1.54, 1.807) is 0 Å². The Labute approximate surface area is 86.5 Å². The molecule has 4 nitrogen and oxygen atoms in total. The van der Waals surface area contributed by atoms with E-state index in [-0.39, 0.29) is 11.5 Å². The van der Waals surface area contributed by atoms with Crippen LogP contribution < -0.4 is 10.0 Å². The molecule has 1 saturated heterocycles. The van der Waals surface area contributed by atoms with Crippen molar-refractivity contribution >= 4 is 10.0 Å². The van der Waals surface area contributed by atoms with E-state index in [2.05, 4.69) is 23.9 Å². The van der Waals surface area contributed by atoms with E-state index in [0.717, 1.165) is 13.0 Å². The minimum absolute atomic E-state index is 0.177. The summed E-state index contributed by atoms with van der Waals surface area (Å²) < 4.78 is 24.4. The van der Waals surface area contributed by atoms with Crippen LogP contribution in [0.2, 0.25) is 0 Å². The summed E-state index contributed by atoms with van der Waals surface area (Å²) in [5, 5.41) is 3.36. The van der Waals surface area contributed by atoms with Gasteiger partial charge in [0.1, 0.15) is 0 Å². The Bertz CT molecular complexity index is 285. The molecular formula is C9H20N2O2S. The molecular weight excluding hydrogens is 200 g/mol. The first-order valence-corrected chi connectivity index (χ1v) is 6.88. The molecule has 0 amide bonds. The Morgan fingerprint density at radius 2 is 2.14 bits per heavy atom. The topological polar surface area (TPSA) is 58.2 Å². The number of nitrogens with one attached hydrogen (secondary N) is 2. The SMILES string of the molecule is CC1(C)CCCNC1CNS(C)(=O)=O. The lowest BCUT2D eigenvalue weighted by atomic mass is 9.78. The monoisotopic (exact) mass is 220 g/mol. The van der Waals surface area contributed by atoms with Crippen LogP contribution >= 0.6 is 0 Å². The highest BCUT2D eigenvalue weighted by Crippen LogP contribution is 2.29. The molecule has 0 radical (unpaired) electrons. The summed E-state index contributed by atoms with van der Waals surface area (Å²) in [6, 6.07) is 0.242. The molecule has 84 valence electrons. The Hall–Kier alpha value is -0.130. The highest BCUT2D eigenvalue weighted by molar-refractivity contribution is 7.88. The molecule has 0 bridgehead atoms. The Kier molecular flexibility index (Phi) is 3.55. The van der Waals surface area contributed by atoms with E-state index in [0.29, 0.717) is 6.54 Å². The fraction of sp³-hybridized carbons (Fsp3) is 1.00. The molecule has 1 heterocycles. The van der Waals surface area contributed by atoms with Crippen LogP contribution in [-0.4, -0.2) is 33.8 Å². The number of rotatable bonds is 3. The fourth-order valence-corrected chi connectivity index (χ4v) is 2.32. The minimum Gasteiger partial charge on any atom is -0.312 e. The van der Waals surface area contributed by atoms with E-state index >= 15 is 0 Å². The average Bonchev–Trinajstić information content (AvgIpc) is 2.00. The first-order valence-electron chi connectivity index (χ1n) is 4.99. The normalized spacial score (nSPS) is 27.5. The molecule has 1 atom stereocenters. The van der Waals surface area contributed by atoms with Crippen LogP contribution in [-0.2, 0) is 10.0 Å². The van der Waals surface area contributed by atoms with Crippen molar-refractivity contribution < 1.29 is 8.42 Å². The summed E-state index contributed by atoms with van der Waals surface area (Å²) in [7, 11) is -3.06. The first kappa shape index (κ1) is 11.9. The minimum atomic E-state index is -3.06. The molecule has 2 N–H and O–H groups in total. The summed E-state index contributed by atoms with van der Waals surface area (Å²) >= 11 is 0. The van der Waals surface area contributed by atoms with Crippen LogP contribution in [0.4, 0.5) is 0 Å². The molecule has 0 spiro atoms. The number of hydrogen-bond donors (Lipinski definition) is 2. The average molecular weight is 220 g/mol. The van der Waals surface area contributed by atoms with Crippen molar-refractivity contribution in [2.75, 3.05) is 19.3 Å². The van der Waals surface area contributed by atoms with Crippen LogP contribution in [0.3, 0.4) is 0 Å². The van der Waals surface area contributed by atoms with Gasteiger partial charge in [0.15, 0.2) is 0 Å². The maximum Gasteiger partial charge on any atom is 0.208 e. The third-order valence-electron chi connectivity index (χ3n) is 2.88. The van der Waals surface area contributed by atoms with Gasteiger partial charge >= 0.3 is 0 Å². The van der Waals surface area contributed by atoms with Crippen LogP contribution in [0.1, 0.15) is 26.7 Å². The van der Waals surface area contributed by atoms with Crippen LogP contribution in [0.25, 0.3) is 0 Å². The van der Waals surface area contributed by atoms with E-state index < -0.39 is 10.0 Å². The van der Waals surface area contributed by atoms with Gasteiger partial charge in [0, 0.05) is 12.6 Å². The van der Waals surface area contributed by atoms with E-state index in [9.17, 15) is 8.42 Å². The maximum absolute atomic E-state index is 10.9. The van der Waals surface area contributed by atoms with Crippen molar-refractivity contribution in [1.82, 2.24) is 10.0 Å². The zero-order chi connectivity index (χ0) is 10.8. The predicted molar refractivity (Wildman–Crippen MR) is 57.7 cm³/mol. The number of piperidine rings is 1. The molecule has 1 aliphatic rings. The van der Waals surface area contributed by atoms with Crippen molar-refractivity contribution in [2.24, 2.45) is 5.41 Å². The lowest BCUT2D eigenvalue weighted by molar-refractivity contribution is 0.182. The highest BCUT2D eigenvalue weighted by atomic mass is 32.2. The summed E-state index contributed by atoms with van der Waals surface area (Å²) in [4.78, 5) is 0. The highest BCUT2D eigenvalue weighted by Gasteiger charge is 2.31. The van der Waals surface area contributed by atoms with Gasteiger partial charge in [-0.1, -0.05) is 13.8 Å². The van der Waals surface area contributed by atoms with Gasteiger partial charge in [0.25, 0.3) is 0 Å². The Balaban J connectivity index is 2.50. The van der Waals surface area contributed by atoms with E-state index in [4.69, 9.17) is 0 Å². The lowest BCUT2D eigenvalue weighted by Gasteiger charge is -2.39. The second-order valence-corrected chi connectivity index (χ2v) is 6.55. The third kappa shape index (κ3) is 3.55. The molecule has 0 aromatic rings. The zero-order valence-electron chi connectivity index (χ0n) is 9.13. The zero-order valence-corrected chi connectivity index (χ0v) is 9.95. The second-order valence-electron chi connectivity index (χ2n) is 4.72. The second kappa shape index (κ2) is 4.16. The smallest absolute Gasteiger partial charge is 0.208 e. The van der Waals surface area contributed by atoms with Gasteiger partial charge in [-0.05, 0) is 24.8 Å². The van der Waals surface area contributed by atoms with Crippen LogP contribution in [0, 0.1) is 5.41 Å². The molecule has 1 aliphatic heterocycles. The maximum atomic E-state index is 10.9. The van der Waals surface area contributed by atoms with Crippen molar-refractivity contribution in [2.45, 2.75) is 32.7 Å². The summed E-state index contributed by atoms with van der Waals surface area (Å²) in [5.74, 6) is 0. The van der Waals surface area contributed by atoms with Gasteiger partial charge in [0.05, 0.1) is 6.26 Å². The van der Waals surface area contributed by atoms with Crippen molar-refractivity contribution in [3.63, 3.8) is 0 Å². The Morgan fingerprint density at radius 3 is 2.64 bits per heavy atom. The number of sulfonamides is 1. The van der Waals surface area contributed by atoms with Gasteiger partial charge in [-0.25, -0.2) is 13.1 Å². The van der Waals surface area contributed by atoms with Gasteiger partial charge in [-0.2, -0.15) is 0 Å². The van der Waals surface area contributed by atoms with Gasteiger partial charge < -0.3 is 5.32 Å². The molecule has 5 heteroatoms. The predicted octanol–water partition coefficient (Wildman–Crippen LogP) is 0.314. The third-order valence-corrected chi connectivity index (χ3v) is 3.57. The molecule has 0 aromatic heterocycles. The van der Waals surface area contributed by atoms with Crippen LogP contribution in [0.5, 0.6) is 0 Å². The van der Waals surface area contributed by atoms with Gasteiger partial charge in [-0.3, -0.25) is 0 Å². The van der Waals surface area contributed by atoms with Gasteiger partial charge in [0.2, 0.25) is 10.0 Å². The number of hydrogen-bond acceptors (Lipinski definition) is 3. The summed E-state index contributed by atoms with van der Waals surface area (Å²) in [6.07, 6.45) is 3.52. The van der Waals surface area contributed by atoms with Crippen molar-refractivity contribution in [1.29, 1.82) is 0 Å². The molecule has 14 heavy (non-hydrogen) atoms. The lowest BCUT2D eigenvalue weighted by Crippen LogP contribution is -2.52. The molecule has 0 saturated carbocycles. The van der Waals surface area contributed by atoms with Gasteiger partial charge in [-0.15, -0.1) is 0 Å². The standard InChI is InChI=1S/C9H20N2O2S/c1-9(2)5-4-6-10-8(9)7-11-14(3,12)13/h8,10-11H,4-7H2,1-3H3. The molecule has 1 fully saturated rings. The van der Waals surface area contributed by atoms with E-state index in [1.165, 1.54) is 12.7 Å². The summed E-state index contributed by atoms with van der Waals surface area (Å²) in [5.41, 5.74) is 0.177.